The minimum atomic E-state index is -3.82. The first-order valence-corrected chi connectivity index (χ1v) is 8.88. The second-order valence-corrected chi connectivity index (χ2v) is 9.55. The van der Waals surface area contributed by atoms with E-state index in [1.165, 1.54) is 24.3 Å². The lowest BCUT2D eigenvalue weighted by Gasteiger charge is -2.18. The van der Waals surface area contributed by atoms with Gasteiger partial charge in [-0.1, -0.05) is 41.5 Å². The minimum absolute atomic E-state index is 0.0223. The predicted octanol–water partition coefficient (Wildman–Crippen LogP) is 3.64. The molecule has 0 unspecified atom stereocenters. The maximum Gasteiger partial charge on any atom is 0.338 e. The predicted molar refractivity (Wildman–Crippen MR) is 88.8 cm³/mol. The lowest BCUT2D eigenvalue weighted by Crippen LogP contribution is -2.19. The molecular formula is C17H26O5S. The molecule has 0 radical (unpaired) electrons. The highest BCUT2D eigenvalue weighted by atomic mass is 32.2. The molecule has 0 aliphatic rings. The number of carbonyl (C=O) groups is 1. The Labute approximate surface area is 139 Å². The third kappa shape index (κ3) is 7.14. The van der Waals surface area contributed by atoms with Gasteiger partial charge in [0.1, 0.15) is 0 Å². The Bertz CT molecular complexity index is 631. The average Bonchev–Trinajstić information content (AvgIpc) is 2.41. The van der Waals surface area contributed by atoms with Crippen LogP contribution >= 0.6 is 0 Å². The van der Waals surface area contributed by atoms with E-state index < -0.39 is 16.1 Å². The van der Waals surface area contributed by atoms with Crippen molar-refractivity contribution in [1.82, 2.24) is 0 Å². The molecule has 0 fully saturated rings. The SMILES string of the molecule is CC(C)(C)COC(=O)c1ccc(S(=O)(=O)OCC(C)(C)C)cc1. The summed E-state index contributed by atoms with van der Waals surface area (Å²) in [4.78, 5) is 11.9. The Morgan fingerprint density at radius 1 is 0.913 bits per heavy atom. The molecule has 6 heteroatoms. The van der Waals surface area contributed by atoms with E-state index in [9.17, 15) is 13.2 Å². The lowest BCUT2D eigenvalue weighted by molar-refractivity contribution is 0.0367. The molecule has 0 N–H and O–H groups in total. The van der Waals surface area contributed by atoms with Gasteiger partial charge in [-0.25, -0.2) is 4.79 Å². The molecule has 130 valence electrons. The average molecular weight is 342 g/mol. The molecule has 0 aliphatic heterocycles. The van der Waals surface area contributed by atoms with Gasteiger partial charge in [0, 0.05) is 0 Å². The molecule has 5 nitrogen and oxygen atoms in total. The summed E-state index contributed by atoms with van der Waals surface area (Å²) in [6.07, 6.45) is 0. The quantitative estimate of drug-likeness (QED) is 0.603. The summed E-state index contributed by atoms with van der Waals surface area (Å²) in [6.45, 7) is 11.9. The largest absolute Gasteiger partial charge is 0.462 e. The van der Waals surface area contributed by atoms with Gasteiger partial charge in [-0.3, -0.25) is 4.18 Å². The second kappa shape index (κ2) is 7.01. The van der Waals surface area contributed by atoms with Crippen LogP contribution in [0, 0.1) is 10.8 Å². The Morgan fingerprint density at radius 3 is 1.83 bits per heavy atom. The van der Waals surface area contributed by atoms with Crippen molar-refractivity contribution in [2.75, 3.05) is 13.2 Å². The first-order chi connectivity index (χ1) is 10.3. The second-order valence-electron chi connectivity index (χ2n) is 7.94. The summed E-state index contributed by atoms with van der Waals surface area (Å²) in [5.41, 5.74) is -0.0761. The highest BCUT2D eigenvalue weighted by Gasteiger charge is 2.21. The van der Waals surface area contributed by atoms with Gasteiger partial charge in [0.2, 0.25) is 0 Å². The number of hydrogen-bond donors (Lipinski definition) is 0. The van der Waals surface area contributed by atoms with Crippen LogP contribution in [-0.4, -0.2) is 27.6 Å². The van der Waals surface area contributed by atoms with Gasteiger partial charge in [0.05, 0.1) is 23.7 Å². The van der Waals surface area contributed by atoms with Crippen LogP contribution in [0.2, 0.25) is 0 Å². The maximum absolute atomic E-state index is 12.1. The number of ether oxygens (including phenoxy) is 1. The van der Waals surface area contributed by atoms with Gasteiger partial charge in [-0.15, -0.1) is 0 Å². The molecule has 0 heterocycles. The summed E-state index contributed by atoms with van der Waals surface area (Å²) in [6, 6.07) is 5.56. The Balaban J connectivity index is 2.78. The van der Waals surface area contributed by atoms with E-state index in [1.807, 2.05) is 41.5 Å². The van der Waals surface area contributed by atoms with Gasteiger partial charge in [0.25, 0.3) is 10.1 Å². The van der Waals surface area contributed by atoms with E-state index in [1.54, 1.807) is 0 Å². The van der Waals surface area contributed by atoms with Gasteiger partial charge in [-0.2, -0.15) is 8.42 Å². The number of esters is 1. The van der Waals surface area contributed by atoms with Crippen molar-refractivity contribution in [3.05, 3.63) is 29.8 Å². The number of rotatable bonds is 5. The fourth-order valence-electron chi connectivity index (χ4n) is 1.45. The van der Waals surface area contributed by atoms with Gasteiger partial charge >= 0.3 is 5.97 Å². The summed E-state index contributed by atoms with van der Waals surface area (Å²) in [5.74, 6) is -0.473. The molecular weight excluding hydrogens is 316 g/mol. The van der Waals surface area contributed by atoms with Crippen molar-refractivity contribution >= 4 is 16.1 Å². The zero-order valence-corrected chi connectivity index (χ0v) is 15.5. The topological polar surface area (TPSA) is 69.7 Å². The molecule has 0 saturated carbocycles. The van der Waals surface area contributed by atoms with Crippen LogP contribution in [-0.2, 0) is 19.0 Å². The number of benzene rings is 1. The molecule has 0 aromatic heterocycles. The fourth-order valence-corrected chi connectivity index (χ4v) is 2.56. The third-order valence-corrected chi connectivity index (χ3v) is 3.94. The summed E-state index contributed by atoms with van der Waals surface area (Å²) in [7, 11) is -3.82. The molecule has 0 saturated heterocycles. The normalized spacial score (nSPS) is 13.0. The van der Waals surface area contributed by atoms with Crippen molar-refractivity contribution in [2.24, 2.45) is 10.8 Å². The standard InChI is InChI=1S/C17H26O5S/c1-16(2,3)11-21-15(18)13-7-9-14(10-8-13)23(19,20)22-12-17(4,5)6/h7-10H,11-12H2,1-6H3. The van der Waals surface area contributed by atoms with Crippen LogP contribution in [0.15, 0.2) is 29.2 Å². The van der Waals surface area contributed by atoms with E-state index >= 15 is 0 Å². The molecule has 1 rings (SSSR count). The van der Waals surface area contributed by atoms with Gasteiger partial charge in [-0.05, 0) is 35.1 Å². The molecule has 1 aromatic carbocycles. The van der Waals surface area contributed by atoms with Crippen molar-refractivity contribution in [3.63, 3.8) is 0 Å². The summed E-state index contributed by atoms with van der Waals surface area (Å²) >= 11 is 0. The Hall–Kier alpha value is -1.40. The van der Waals surface area contributed by atoms with E-state index in [-0.39, 0.29) is 22.3 Å². The van der Waals surface area contributed by atoms with Crippen LogP contribution in [0.5, 0.6) is 0 Å². The zero-order valence-electron chi connectivity index (χ0n) is 14.7. The van der Waals surface area contributed by atoms with Crippen molar-refractivity contribution in [3.8, 4) is 0 Å². The van der Waals surface area contributed by atoms with E-state index in [2.05, 4.69) is 0 Å². The summed E-state index contributed by atoms with van der Waals surface area (Å²) < 4.78 is 34.4. The highest BCUT2D eigenvalue weighted by molar-refractivity contribution is 7.86. The molecule has 0 bridgehead atoms. The number of hydrogen-bond acceptors (Lipinski definition) is 5. The van der Waals surface area contributed by atoms with Crippen molar-refractivity contribution in [1.29, 1.82) is 0 Å². The highest BCUT2D eigenvalue weighted by Crippen LogP contribution is 2.20. The molecule has 0 aliphatic carbocycles. The van der Waals surface area contributed by atoms with Crippen molar-refractivity contribution < 1.29 is 22.1 Å². The molecule has 1 aromatic rings. The zero-order chi connectivity index (χ0) is 17.9. The van der Waals surface area contributed by atoms with Crippen LogP contribution in [0.4, 0.5) is 0 Å². The first kappa shape index (κ1) is 19.6. The van der Waals surface area contributed by atoms with E-state index in [0.29, 0.717) is 12.2 Å². The molecule has 0 atom stereocenters. The van der Waals surface area contributed by atoms with Crippen LogP contribution < -0.4 is 0 Å². The van der Waals surface area contributed by atoms with Gasteiger partial charge in [0.15, 0.2) is 0 Å². The van der Waals surface area contributed by atoms with Crippen LogP contribution in [0.1, 0.15) is 51.9 Å². The smallest absolute Gasteiger partial charge is 0.338 e. The minimum Gasteiger partial charge on any atom is -0.462 e. The number of carbonyl (C=O) groups excluding carboxylic acids is 1. The van der Waals surface area contributed by atoms with Crippen molar-refractivity contribution in [2.45, 2.75) is 46.4 Å². The van der Waals surface area contributed by atoms with Gasteiger partial charge < -0.3 is 4.74 Å². The van der Waals surface area contributed by atoms with Crippen LogP contribution in [0.3, 0.4) is 0 Å². The lowest BCUT2D eigenvalue weighted by atomic mass is 9.99. The molecule has 23 heavy (non-hydrogen) atoms. The van der Waals surface area contributed by atoms with E-state index in [0.717, 1.165) is 0 Å². The Morgan fingerprint density at radius 2 is 1.39 bits per heavy atom. The maximum atomic E-state index is 12.1. The molecule has 0 amide bonds. The third-order valence-electron chi connectivity index (χ3n) is 2.66. The van der Waals surface area contributed by atoms with E-state index in [4.69, 9.17) is 8.92 Å². The first-order valence-electron chi connectivity index (χ1n) is 7.47. The molecule has 0 spiro atoms. The summed E-state index contributed by atoms with van der Waals surface area (Å²) in [5, 5.41) is 0. The Kier molecular flexibility index (Phi) is 5.99. The van der Waals surface area contributed by atoms with Crippen LogP contribution in [0.25, 0.3) is 0 Å². The monoisotopic (exact) mass is 342 g/mol. The fraction of sp³-hybridized carbons (Fsp3) is 0.588.